The highest BCUT2D eigenvalue weighted by Gasteiger charge is 2.10. The van der Waals surface area contributed by atoms with Gasteiger partial charge in [-0.25, -0.2) is 4.39 Å². The van der Waals surface area contributed by atoms with Gasteiger partial charge in [-0.3, -0.25) is 4.79 Å². The van der Waals surface area contributed by atoms with Gasteiger partial charge < -0.3 is 4.74 Å². The maximum Gasteiger partial charge on any atom is 0.141 e. The molecular formula is C16H14BrFO2. The molecule has 2 rings (SSSR count). The van der Waals surface area contributed by atoms with Gasteiger partial charge in [0.15, 0.2) is 0 Å². The van der Waals surface area contributed by atoms with Gasteiger partial charge in [0.2, 0.25) is 0 Å². The Bertz CT molecular complexity index is 626. The predicted molar refractivity (Wildman–Crippen MR) is 79.5 cm³/mol. The molecule has 0 radical (unpaired) electrons. The molecule has 0 aliphatic carbocycles. The molecular weight excluding hydrogens is 323 g/mol. The summed E-state index contributed by atoms with van der Waals surface area (Å²) in [6.07, 6.45) is 0.479. The van der Waals surface area contributed by atoms with Crippen molar-refractivity contribution in [3.63, 3.8) is 0 Å². The molecule has 0 aromatic heterocycles. The topological polar surface area (TPSA) is 26.3 Å². The molecule has 2 aromatic carbocycles. The van der Waals surface area contributed by atoms with Crippen LogP contribution in [0, 0.1) is 5.82 Å². The van der Waals surface area contributed by atoms with Crippen molar-refractivity contribution in [3.8, 4) is 5.75 Å². The number of rotatable bonds is 5. The second-order valence-corrected chi connectivity index (χ2v) is 5.39. The first kappa shape index (κ1) is 14.7. The van der Waals surface area contributed by atoms with Gasteiger partial charge in [0.25, 0.3) is 0 Å². The molecule has 0 spiro atoms. The van der Waals surface area contributed by atoms with Gasteiger partial charge in [-0.05, 0) is 35.9 Å². The number of benzene rings is 2. The molecule has 0 aliphatic rings. The van der Waals surface area contributed by atoms with E-state index < -0.39 is 0 Å². The largest absolute Gasteiger partial charge is 0.496 e. The van der Waals surface area contributed by atoms with E-state index in [-0.39, 0.29) is 24.4 Å². The zero-order valence-corrected chi connectivity index (χ0v) is 12.6. The number of ketones is 1. The van der Waals surface area contributed by atoms with Gasteiger partial charge >= 0.3 is 0 Å². The summed E-state index contributed by atoms with van der Waals surface area (Å²) in [5.74, 6) is 0.378. The smallest absolute Gasteiger partial charge is 0.141 e. The number of ether oxygens (including phenoxy) is 1. The molecule has 0 atom stereocenters. The van der Waals surface area contributed by atoms with Gasteiger partial charge in [0.1, 0.15) is 17.3 Å². The quantitative estimate of drug-likeness (QED) is 0.826. The van der Waals surface area contributed by atoms with Crippen LogP contribution in [0.2, 0.25) is 0 Å². The molecule has 2 nitrogen and oxygen atoms in total. The van der Waals surface area contributed by atoms with Crippen LogP contribution in [0.15, 0.2) is 46.9 Å². The van der Waals surface area contributed by atoms with Crippen molar-refractivity contribution in [1.29, 1.82) is 0 Å². The summed E-state index contributed by atoms with van der Waals surface area (Å²) in [5.41, 5.74) is 1.51. The molecule has 104 valence electrons. The van der Waals surface area contributed by atoms with Crippen LogP contribution in [-0.4, -0.2) is 12.9 Å². The van der Waals surface area contributed by atoms with E-state index in [2.05, 4.69) is 15.9 Å². The fraction of sp³-hybridized carbons (Fsp3) is 0.188. The first-order chi connectivity index (χ1) is 9.58. The SMILES string of the molecule is COc1ccc(Br)cc1CC(=O)Cc1cccc(F)c1. The van der Waals surface area contributed by atoms with E-state index in [9.17, 15) is 9.18 Å². The summed E-state index contributed by atoms with van der Waals surface area (Å²) in [4.78, 5) is 12.1. The standard InChI is InChI=1S/C16H14BrFO2/c1-20-16-6-5-13(17)9-12(16)10-15(19)8-11-3-2-4-14(18)7-11/h2-7,9H,8,10H2,1H3. The summed E-state index contributed by atoms with van der Waals surface area (Å²) in [5, 5.41) is 0. The number of hydrogen-bond donors (Lipinski definition) is 0. The van der Waals surface area contributed by atoms with E-state index in [1.165, 1.54) is 12.1 Å². The van der Waals surface area contributed by atoms with Crippen LogP contribution in [0.4, 0.5) is 4.39 Å². The average Bonchev–Trinajstić information content (AvgIpc) is 2.38. The third kappa shape index (κ3) is 3.90. The fourth-order valence-electron chi connectivity index (χ4n) is 2.03. The van der Waals surface area contributed by atoms with Crippen molar-refractivity contribution in [2.75, 3.05) is 7.11 Å². The Morgan fingerprint density at radius 3 is 2.70 bits per heavy atom. The molecule has 0 aliphatic heterocycles. The van der Waals surface area contributed by atoms with E-state index in [1.807, 2.05) is 18.2 Å². The third-order valence-corrected chi connectivity index (χ3v) is 3.41. The summed E-state index contributed by atoms with van der Waals surface area (Å²) in [6, 6.07) is 11.6. The highest BCUT2D eigenvalue weighted by atomic mass is 79.9. The van der Waals surface area contributed by atoms with E-state index in [0.717, 1.165) is 10.0 Å². The van der Waals surface area contributed by atoms with Gasteiger partial charge in [-0.1, -0.05) is 28.1 Å². The van der Waals surface area contributed by atoms with Crippen LogP contribution in [0.25, 0.3) is 0 Å². The van der Waals surface area contributed by atoms with E-state index >= 15 is 0 Å². The lowest BCUT2D eigenvalue weighted by Crippen LogP contribution is -2.08. The second kappa shape index (κ2) is 6.66. The first-order valence-electron chi connectivity index (χ1n) is 6.17. The van der Waals surface area contributed by atoms with Crippen molar-refractivity contribution in [3.05, 3.63) is 63.9 Å². The number of carbonyl (C=O) groups excluding carboxylic acids is 1. The van der Waals surface area contributed by atoms with Crippen molar-refractivity contribution in [2.45, 2.75) is 12.8 Å². The number of halogens is 2. The fourth-order valence-corrected chi connectivity index (χ4v) is 2.44. The van der Waals surface area contributed by atoms with E-state index in [1.54, 1.807) is 19.2 Å². The highest BCUT2D eigenvalue weighted by molar-refractivity contribution is 9.10. The molecule has 20 heavy (non-hydrogen) atoms. The van der Waals surface area contributed by atoms with Gasteiger partial charge in [-0.2, -0.15) is 0 Å². The molecule has 0 saturated heterocycles. The normalized spacial score (nSPS) is 10.3. The molecule has 0 unspecified atom stereocenters. The molecule has 4 heteroatoms. The van der Waals surface area contributed by atoms with Gasteiger partial charge in [-0.15, -0.1) is 0 Å². The van der Waals surface area contributed by atoms with Crippen molar-refractivity contribution < 1.29 is 13.9 Å². The highest BCUT2D eigenvalue weighted by Crippen LogP contribution is 2.24. The summed E-state index contributed by atoms with van der Waals surface area (Å²) in [7, 11) is 1.57. The lowest BCUT2D eigenvalue weighted by molar-refractivity contribution is -0.117. The lowest BCUT2D eigenvalue weighted by atomic mass is 10.0. The Morgan fingerprint density at radius 2 is 2.00 bits per heavy atom. The van der Waals surface area contributed by atoms with Gasteiger partial charge in [0.05, 0.1) is 7.11 Å². The lowest BCUT2D eigenvalue weighted by Gasteiger charge is -2.08. The Balaban J connectivity index is 2.10. The minimum atomic E-state index is -0.324. The van der Waals surface area contributed by atoms with Crippen molar-refractivity contribution in [1.82, 2.24) is 0 Å². The van der Waals surface area contributed by atoms with Gasteiger partial charge in [0, 0.05) is 22.9 Å². The zero-order chi connectivity index (χ0) is 14.5. The number of Topliss-reactive ketones (excluding diaryl/α,β-unsaturated/α-hetero) is 1. The maximum absolute atomic E-state index is 13.1. The zero-order valence-electron chi connectivity index (χ0n) is 11.0. The Kier molecular flexibility index (Phi) is 4.90. The predicted octanol–water partition coefficient (Wildman–Crippen LogP) is 3.95. The van der Waals surface area contributed by atoms with Crippen LogP contribution in [0.3, 0.4) is 0 Å². The summed E-state index contributed by atoms with van der Waals surface area (Å²) >= 11 is 3.38. The maximum atomic E-state index is 13.1. The summed E-state index contributed by atoms with van der Waals surface area (Å²) < 4.78 is 19.2. The minimum Gasteiger partial charge on any atom is -0.496 e. The molecule has 0 amide bonds. The molecule has 0 heterocycles. The Hall–Kier alpha value is -1.68. The molecule has 0 fully saturated rings. The third-order valence-electron chi connectivity index (χ3n) is 2.92. The Labute approximate surface area is 125 Å². The summed E-state index contributed by atoms with van der Waals surface area (Å²) in [6.45, 7) is 0. The van der Waals surface area contributed by atoms with Crippen LogP contribution < -0.4 is 4.74 Å². The van der Waals surface area contributed by atoms with Crippen LogP contribution in [0.5, 0.6) is 5.75 Å². The Morgan fingerprint density at radius 1 is 1.20 bits per heavy atom. The minimum absolute atomic E-state index is 0.0204. The van der Waals surface area contributed by atoms with Crippen molar-refractivity contribution in [2.24, 2.45) is 0 Å². The number of methoxy groups -OCH3 is 1. The molecule has 2 aromatic rings. The van der Waals surface area contributed by atoms with Crippen molar-refractivity contribution >= 4 is 21.7 Å². The molecule has 0 saturated carbocycles. The van der Waals surface area contributed by atoms with Crippen LogP contribution >= 0.6 is 15.9 Å². The molecule has 0 N–H and O–H groups in total. The number of hydrogen-bond acceptors (Lipinski definition) is 2. The monoisotopic (exact) mass is 336 g/mol. The van der Waals surface area contributed by atoms with Crippen LogP contribution in [0.1, 0.15) is 11.1 Å². The number of carbonyl (C=O) groups is 1. The van der Waals surface area contributed by atoms with Crippen LogP contribution in [-0.2, 0) is 17.6 Å². The van der Waals surface area contributed by atoms with E-state index in [4.69, 9.17) is 4.74 Å². The first-order valence-corrected chi connectivity index (χ1v) is 6.96. The van der Waals surface area contributed by atoms with E-state index in [0.29, 0.717) is 11.3 Å². The molecule has 0 bridgehead atoms. The average molecular weight is 337 g/mol. The second-order valence-electron chi connectivity index (χ2n) is 4.48.